The summed E-state index contributed by atoms with van der Waals surface area (Å²) >= 11 is 0. The number of hydrogen-bond acceptors (Lipinski definition) is 1. The first-order valence-electron chi connectivity index (χ1n) is 4.85. The molecule has 0 fully saturated rings. The minimum atomic E-state index is 0.610. The molecule has 70 valence electrons. The van der Waals surface area contributed by atoms with Gasteiger partial charge in [-0.15, -0.1) is 0 Å². The van der Waals surface area contributed by atoms with Gasteiger partial charge < -0.3 is 0 Å². The van der Waals surface area contributed by atoms with Gasteiger partial charge in [0, 0.05) is 0 Å². The zero-order valence-electron chi connectivity index (χ0n) is 8.03. The fourth-order valence-corrected chi connectivity index (χ4v) is 2.01. The van der Waals surface area contributed by atoms with E-state index in [1.54, 1.807) is 6.07 Å². The maximum Gasteiger partial charge on any atom is 0.132 e. The Morgan fingerprint density at radius 2 is 1.80 bits per heavy atom. The van der Waals surface area contributed by atoms with E-state index >= 15 is 0 Å². The Labute approximate surface area is 87.0 Å². The first-order chi connectivity index (χ1) is 7.38. The van der Waals surface area contributed by atoms with Gasteiger partial charge in [0.15, 0.2) is 0 Å². The standard InChI is InChI=1S/C14H8O/c15-9-10-5-6-12-8-11-3-1-2-4-13(11)14(12)7-10/h1-8H. The highest BCUT2D eigenvalue weighted by Gasteiger charge is 2.09. The molecule has 1 aliphatic carbocycles. The molecule has 2 aromatic rings. The maximum absolute atomic E-state index is 10.6. The molecule has 0 amide bonds. The van der Waals surface area contributed by atoms with Gasteiger partial charge in [0.05, 0.1) is 5.22 Å². The van der Waals surface area contributed by atoms with Gasteiger partial charge in [-0.05, 0) is 40.1 Å². The second-order valence-electron chi connectivity index (χ2n) is 3.64. The van der Waals surface area contributed by atoms with Crippen molar-refractivity contribution in [2.45, 2.75) is 0 Å². The van der Waals surface area contributed by atoms with Crippen molar-refractivity contribution >= 4 is 12.0 Å². The summed E-state index contributed by atoms with van der Waals surface area (Å²) in [6, 6.07) is 13.9. The molecule has 0 saturated heterocycles. The minimum Gasteiger partial charge on any atom is -0.233 e. The highest BCUT2D eigenvalue weighted by Crippen LogP contribution is 2.24. The van der Waals surface area contributed by atoms with E-state index in [1.165, 1.54) is 16.3 Å². The maximum atomic E-state index is 10.6. The van der Waals surface area contributed by atoms with Crippen LogP contribution >= 0.6 is 0 Å². The van der Waals surface area contributed by atoms with Crippen molar-refractivity contribution in [3.8, 4) is 11.1 Å². The second kappa shape index (κ2) is 2.94. The van der Waals surface area contributed by atoms with Crippen LogP contribution in [0.4, 0.5) is 0 Å². The van der Waals surface area contributed by atoms with Gasteiger partial charge in [0.1, 0.15) is 5.94 Å². The normalized spacial score (nSPS) is 11.2. The molecule has 0 spiro atoms. The molecule has 1 aliphatic rings. The predicted octanol–water partition coefficient (Wildman–Crippen LogP) is 0.999. The van der Waals surface area contributed by atoms with Crippen LogP contribution in [0.15, 0.2) is 42.5 Å². The van der Waals surface area contributed by atoms with Crippen LogP contribution < -0.4 is 10.4 Å². The SMILES string of the molecule is O=C=c1ccc2c(c1)-c1ccccc1C=2. The van der Waals surface area contributed by atoms with E-state index in [-0.39, 0.29) is 0 Å². The molecular weight excluding hydrogens is 184 g/mol. The summed E-state index contributed by atoms with van der Waals surface area (Å²) < 4.78 is 0. The van der Waals surface area contributed by atoms with Gasteiger partial charge in [-0.1, -0.05) is 30.3 Å². The fraction of sp³-hybridized carbons (Fsp3) is 0. The van der Waals surface area contributed by atoms with Gasteiger partial charge in [0.25, 0.3) is 0 Å². The molecule has 0 radical (unpaired) electrons. The van der Waals surface area contributed by atoms with Crippen molar-refractivity contribution in [2.24, 2.45) is 0 Å². The number of fused-ring (bicyclic) bond motifs is 3. The molecule has 0 N–H and O–H groups in total. The molecule has 1 heteroatoms. The van der Waals surface area contributed by atoms with E-state index < -0.39 is 0 Å². The van der Waals surface area contributed by atoms with Crippen molar-refractivity contribution < 1.29 is 4.79 Å². The highest BCUT2D eigenvalue weighted by atomic mass is 16.1. The Balaban J connectivity index is 2.45. The third-order valence-corrected chi connectivity index (χ3v) is 2.73. The van der Waals surface area contributed by atoms with Gasteiger partial charge in [-0.3, -0.25) is 0 Å². The summed E-state index contributed by atoms with van der Waals surface area (Å²) in [7, 11) is 0. The quantitative estimate of drug-likeness (QED) is 0.519. The average molecular weight is 192 g/mol. The highest BCUT2D eigenvalue weighted by molar-refractivity contribution is 5.82. The van der Waals surface area contributed by atoms with Crippen LogP contribution in [0.1, 0.15) is 5.56 Å². The van der Waals surface area contributed by atoms with Gasteiger partial charge in [-0.25, -0.2) is 4.79 Å². The van der Waals surface area contributed by atoms with Crippen LogP contribution in [0.2, 0.25) is 0 Å². The predicted molar refractivity (Wildman–Crippen MR) is 59.5 cm³/mol. The first-order valence-corrected chi connectivity index (χ1v) is 4.85. The van der Waals surface area contributed by atoms with Gasteiger partial charge in [0.2, 0.25) is 0 Å². The summed E-state index contributed by atoms with van der Waals surface area (Å²) in [5, 5.41) is 1.79. The molecule has 0 atom stereocenters. The van der Waals surface area contributed by atoms with Crippen molar-refractivity contribution in [1.29, 1.82) is 0 Å². The zero-order valence-corrected chi connectivity index (χ0v) is 8.03. The van der Waals surface area contributed by atoms with Gasteiger partial charge in [-0.2, -0.15) is 0 Å². The molecule has 0 aromatic heterocycles. The molecule has 0 aliphatic heterocycles. The first kappa shape index (κ1) is 8.22. The lowest BCUT2D eigenvalue weighted by atomic mass is 10.1. The van der Waals surface area contributed by atoms with E-state index in [0.717, 1.165) is 5.56 Å². The number of rotatable bonds is 0. The van der Waals surface area contributed by atoms with E-state index in [9.17, 15) is 4.79 Å². The second-order valence-corrected chi connectivity index (χ2v) is 3.64. The third-order valence-electron chi connectivity index (χ3n) is 2.73. The summed E-state index contributed by atoms with van der Waals surface area (Å²) in [5.74, 6) is 1.92. The zero-order chi connectivity index (χ0) is 10.3. The molecule has 0 unspecified atom stereocenters. The number of hydrogen-bond donors (Lipinski definition) is 0. The molecule has 0 saturated carbocycles. The van der Waals surface area contributed by atoms with Crippen molar-refractivity contribution in [3.05, 3.63) is 58.5 Å². The van der Waals surface area contributed by atoms with Crippen LogP contribution in [0.5, 0.6) is 0 Å². The monoisotopic (exact) mass is 192 g/mol. The summed E-state index contributed by atoms with van der Waals surface area (Å²) in [6.07, 6.45) is 2.14. The molecule has 3 rings (SSSR count). The number of carbonyl (C=O) groups excluding carboxylic acids is 1. The molecule has 2 aromatic carbocycles. The van der Waals surface area contributed by atoms with E-state index in [1.807, 2.05) is 30.2 Å². The van der Waals surface area contributed by atoms with Crippen LogP contribution in [0.3, 0.4) is 0 Å². The summed E-state index contributed by atoms with van der Waals surface area (Å²) in [5.41, 5.74) is 3.55. The lowest BCUT2D eigenvalue weighted by molar-refractivity contribution is 0.567. The lowest BCUT2D eigenvalue weighted by Gasteiger charge is -1.98. The molecule has 15 heavy (non-hydrogen) atoms. The van der Waals surface area contributed by atoms with E-state index in [2.05, 4.69) is 18.2 Å². The molecule has 0 bridgehead atoms. The lowest BCUT2D eigenvalue weighted by Crippen LogP contribution is -2.09. The Bertz CT molecular complexity index is 677. The molecule has 0 heterocycles. The van der Waals surface area contributed by atoms with Crippen molar-refractivity contribution in [2.75, 3.05) is 0 Å². The summed E-state index contributed by atoms with van der Waals surface area (Å²) in [4.78, 5) is 10.6. The van der Waals surface area contributed by atoms with Crippen LogP contribution in [0.25, 0.3) is 17.2 Å². The molecule has 1 nitrogen and oxygen atoms in total. The average Bonchev–Trinajstić information content (AvgIpc) is 2.66. The topological polar surface area (TPSA) is 17.1 Å². The Hall–Kier alpha value is -2.11. The van der Waals surface area contributed by atoms with Crippen LogP contribution in [0, 0.1) is 0 Å². The molecular formula is C14H8O. The van der Waals surface area contributed by atoms with Gasteiger partial charge >= 0.3 is 0 Å². The Morgan fingerprint density at radius 3 is 2.67 bits per heavy atom. The minimum absolute atomic E-state index is 0.610. The van der Waals surface area contributed by atoms with Crippen molar-refractivity contribution in [1.82, 2.24) is 0 Å². The van der Waals surface area contributed by atoms with Crippen molar-refractivity contribution in [3.63, 3.8) is 0 Å². The van der Waals surface area contributed by atoms with Crippen LogP contribution in [-0.4, -0.2) is 5.94 Å². The van der Waals surface area contributed by atoms with E-state index in [4.69, 9.17) is 0 Å². The number of benzene rings is 2. The Kier molecular flexibility index (Phi) is 1.61. The fourth-order valence-electron chi connectivity index (χ4n) is 2.01. The smallest absolute Gasteiger partial charge is 0.132 e. The largest absolute Gasteiger partial charge is 0.233 e. The third kappa shape index (κ3) is 1.14. The summed E-state index contributed by atoms with van der Waals surface area (Å²) in [6.45, 7) is 0. The van der Waals surface area contributed by atoms with Crippen LogP contribution in [-0.2, 0) is 4.79 Å². The van der Waals surface area contributed by atoms with E-state index in [0.29, 0.717) is 5.22 Å². The Morgan fingerprint density at radius 1 is 0.933 bits per heavy atom.